The number of morpholine rings is 1. The predicted octanol–water partition coefficient (Wildman–Crippen LogP) is 0.373. The van der Waals surface area contributed by atoms with Crippen LogP contribution in [0.5, 0.6) is 0 Å². The molecule has 3 N–H and O–H groups in total. The topological polar surface area (TPSA) is 61.7 Å². The molecule has 0 bridgehead atoms. The van der Waals surface area contributed by atoms with Crippen molar-refractivity contribution in [2.45, 2.75) is 12.2 Å². The van der Waals surface area contributed by atoms with Crippen LogP contribution in [0, 0.1) is 0 Å². The van der Waals surface area contributed by atoms with Crippen molar-refractivity contribution in [2.75, 3.05) is 26.3 Å². The summed E-state index contributed by atoms with van der Waals surface area (Å²) in [7, 11) is 0. The molecule has 4 heteroatoms. The van der Waals surface area contributed by atoms with Gasteiger partial charge >= 0.3 is 0 Å². The van der Waals surface area contributed by atoms with Gasteiger partial charge in [-0.3, -0.25) is 0 Å². The van der Waals surface area contributed by atoms with E-state index in [-0.39, 0.29) is 12.7 Å². The fraction of sp³-hybridized carbons (Fsp3) is 0.500. The third-order valence-electron chi connectivity index (χ3n) is 2.80. The molecule has 1 aliphatic rings. The third kappa shape index (κ3) is 2.41. The maximum Gasteiger partial charge on any atom is 0.102 e. The summed E-state index contributed by atoms with van der Waals surface area (Å²) in [5.41, 5.74) is 1.70. The summed E-state index contributed by atoms with van der Waals surface area (Å²) < 4.78 is 5.64. The second-order valence-corrected chi connectivity index (χ2v) is 3.89. The zero-order valence-electron chi connectivity index (χ0n) is 9.10. The van der Waals surface area contributed by atoms with E-state index in [4.69, 9.17) is 9.84 Å². The number of rotatable bonds is 3. The summed E-state index contributed by atoms with van der Waals surface area (Å²) in [6, 6.07) is 7.54. The van der Waals surface area contributed by atoms with Crippen LogP contribution in [0.3, 0.4) is 0 Å². The largest absolute Gasteiger partial charge is 0.393 e. The molecule has 88 valence electrons. The first-order valence-electron chi connectivity index (χ1n) is 5.53. The monoisotopic (exact) mass is 223 g/mol. The molecule has 0 amide bonds. The highest BCUT2D eigenvalue weighted by Crippen LogP contribution is 2.26. The zero-order valence-corrected chi connectivity index (χ0v) is 9.10. The van der Waals surface area contributed by atoms with Crippen molar-refractivity contribution in [2.24, 2.45) is 0 Å². The van der Waals surface area contributed by atoms with Crippen LogP contribution < -0.4 is 5.32 Å². The Kier molecular flexibility index (Phi) is 3.90. The van der Waals surface area contributed by atoms with Gasteiger partial charge in [-0.2, -0.15) is 0 Å². The fourth-order valence-electron chi connectivity index (χ4n) is 1.97. The molecule has 2 rings (SSSR count). The molecule has 2 atom stereocenters. The summed E-state index contributed by atoms with van der Waals surface area (Å²) >= 11 is 0. The standard InChI is InChI=1S/C12H17NO3/c14-8-11(15)9-3-1-2-4-10(9)12-7-13-5-6-16-12/h1-4,11-15H,5-8H2. The molecule has 1 saturated heterocycles. The molecule has 1 aromatic rings. The van der Waals surface area contributed by atoms with E-state index in [1.165, 1.54) is 0 Å². The Bertz CT molecular complexity index is 337. The third-order valence-corrected chi connectivity index (χ3v) is 2.80. The van der Waals surface area contributed by atoms with E-state index in [9.17, 15) is 5.11 Å². The van der Waals surface area contributed by atoms with E-state index in [0.717, 1.165) is 24.2 Å². The van der Waals surface area contributed by atoms with Crippen molar-refractivity contribution in [1.29, 1.82) is 0 Å². The van der Waals surface area contributed by atoms with Crippen LogP contribution in [0.1, 0.15) is 23.3 Å². The van der Waals surface area contributed by atoms with Crippen molar-refractivity contribution < 1.29 is 14.9 Å². The second kappa shape index (κ2) is 5.41. The van der Waals surface area contributed by atoms with E-state index >= 15 is 0 Å². The van der Waals surface area contributed by atoms with Gasteiger partial charge in [0.05, 0.1) is 19.3 Å². The number of aliphatic hydroxyl groups is 2. The normalized spacial score (nSPS) is 23.0. The molecule has 1 aliphatic heterocycles. The number of aliphatic hydroxyl groups excluding tert-OH is 2. The van der Waals surface area contributed by atoms with Gasteiger partial charge in [-0.1, -0.05) is 24.3 Å². The first-order chi connectivity index (χ1) is 7.83. The molecule has 16 heavy (non-hydrogen) atoms. The predicted molar refractivity (Wildman–Crippen MR) is 60.1 cm³/mol. The van der Waals surface area contributed by atoms with E-state index in [2.05, 4.69) is 5.32 Å². The van der Waals surface area contributed by atoms with Crippen LogP contribution in [-0.4, -0.2) is 36.5 Å². The molecule has 1 heterocycles. The average Bonchev–Trinajstić information content (AvgIpc) is 2.39. The quantitative estimate of drug-likeness (QED) is 0.693. The lowest BCUT2D eigenvalue weighted by Gasteiger charge is -2.26. The fourth-order valence-corrected chi connectivity index (χ4v) is 1.97. The number of ether oxygens (including phenoxy) is 1. The Hall–Kier alpha value is -0.940. The summed E-state index contributed by atoms with van der Waals surface area (Å²) in [5.74, 6) is 0. The van der Waals surface area contributed by atoms with Crippen molar-refractivity contribution in [1.82, 2.24) is 5.32 Å². The minimum atomic E-state index is -0.832. The zero-order chi connectivity index (χ0) is 11.4. The minimum Gasteiger partial charge on any atom is -0.393 e. The van der Waals surface area contributed by atoms with Crippen molar-refractivity contribution in [3.63, 3.8) is 0 Å². The lowest BCUT2D eigenvalue weighted by molar-refractivity contribution is 0.0238. The molecule has 2 unspecified atom stereocenters. The molecular formula is C12H17NO3. The number of hydrogen-bond donors (Lipinski definition) is 3. The molecule has 0 spiro atoms. The van der Waals surface area contributed by atoms with Gasteiger partial charge in [0.25, 0.3) is 0 Å². The van der Waals surface area contributed by atoms with Crippen LogP contribution in [0.25, 0.3) is 0 Å². The van der Waals surface area contributed by atoms with Gasteiger partial charge in [0.15, 0.2) is 0 Å². The van der Waals surface area contributed by atoms with Crippen molar-refractivity contribution >= 4 is 0 Å². The van der Waals surface area contributed by atoms with Gasteiger partial charge < -0.3 is 20.3 Å². The van der Waals surface area contributed by atoms with Gasteiger partial charge in [-0.05, 0) is 11.1 Å². The first kappa shape index (κ1) is 11.5. The van der Waals surface area contributed by atoms with Gasteiger partial charge in [0.2, 0.25) is 0 Å². The second-order valence-electron chi connectivity index (χ2n) is 3.89. The summed E-state index contributed by atoms with van der Waals surface area (Å²) in [4.78, 5) is 0. The average molecular weight is 223 g/mol. The molecule has 0 aromatic heterocycles. The van der Waals surface area contributed by atoms with Crippen LogP contribution in [0.4, 0.5) is 0 Å². The number of hydrogen-bond acceptors (Lipinski definition) is 4. The van der Waals surface area contributed by atoms with Gasteiger partial charge in [-0.25, -0.2) is 0 Å². The van der Waals surface area contributed by atoms with E-state index in [0.29, 0.717) is 6.61 Å². The lowest BCUT2D eigenvalue weighted by Crippen LogP contribution is -2.34. The van der Waals surface area contributed by atoms with Crippen molar-refractivity contribution in [3.05, 3.63) is 35.4 Å². The Morgan fingerprint density at radius 1 is 1.44 bits per heavy atom. The van der Waals surface area contributed by atoms with E-state index < -0.39 is 6.10 Å². The van der Waals surface area contributed by atoms with E-state index in [1.807, 2.05) is 24.3 Å². The summed E-state index contributed by atoms with van der Waals surface area (Å²) in [6.45, 7) is 2.02. The number of benzene rings is 1. The SMILES string of the molecule is OCC(O)c1ccccc1C1CNCCO1. The smallest absolute Gasteiger partial charge is 0.102 e. The highest BCUT2D eigenvalue weighted by Gasteiger charge is 2.21. The Morgan fingerprint density at radius 2 is 2.25 bits per heavy atom. The van der Waals surface area contributed by atoms with Gasteiger partial charge in [0, 0.05) is 13.1 Å². The minimum absolute atomic E-state index is 0.0360. The highest BCUT2D eigenvalue weighted by molar-refractivity contribution is 5.31. The molecule has 1 fully saturated rings. The summed E-state index contributed by atoms with van der Waals surface area (Å²) in [5, 5.41) is 22.0. The Balaban J connectivity index is 2.24. The van der Waals surface area contributed by atoms with Gasteiger partial charge in [-0.15, -0.1) is 0 Å². The molecule has 0 saturated carbocycles. The van der Waals surface area contributed by atoms with Crippen LogP contribution in [-0.2, 0) is 4.74 Å². The van der Waals surface area contributed by atoms with Crippen molar-refractivity contribution in [3.8, 4) is 0 Å². The molecular weight excluding hydrogens is 206 g/mol. The lowest BCUT2D eigenvalue weighted by atomic mass is 9.98. The molecule has 0 aliphatic carbocycles. The first-order valence-corrected chi connectivity index (χ1v) is 5.53. The van der Waals surface area contributed by atoms with E-state index in [1.54, 1.807) is 0 Å². The number of nitrogens with one attached hydrogen (secondary N) is 1. The maximum absolute atomic E-state index is 9.71. The van der Waals surface area contributed by atoms with Gasteiger partial charge in [0.1, 0.15) is 6.10 Å². The molecule has 4 nitrogen and oxygen atoms in total. The molecule has 0 radical (unpaired) electrons. The van der Waals surface area contributed by atoms with Crippen LogP contribution in [0.15, 0.2) is 24.3 Å². The Labute approximate surface area is 94.9 Å². The highest BCUT2D eigenvalue weighted by atomic mass is 16.5. The Morgan fingerprint density at radius 3 is 2.94 bits per heavy atom. The summed E-state index contributed by atoms with van der Waals surface area (Å²) in [6.07, 6.45) is -0.868. The van der Waals surface area contributed by atoms with Crippen LogP contribution >= 0.6 is 0 Å². The van der Waals surface area contributed by atoms with Crippen LogP contribution in [0.2, 0.25) is 0 Å². The maximum atomic E-state index is 9.71. The molecule has 1 aromatic carbocycles.